The number of likely N-dealkylation sites (tertiary alicyclic amines) is 1. The van der Waals surface area contributed by atoms with E-state index in [4.69, 9.17) is 4.74 Å². The molecule has 144 valence electrons. The van der Waals surface area contributed by atoms with Gasteiger partial charge in [-0.2, -0.15) is 13.2 Å². The van der Waals surface area contributed by atoms with E-state index in [0.29, 0.717) is 13.0 Å². The summed E-state index contributed by atoms with van der Waals surface area (Å²) in [5, 5.41) is 2.34. The molecular weight excluding hydrogens is 361 g/mol. The number of urea groups is 1. The van der Waals surface area contributed by atoms with E-state index in [1.165, 1.54) is 23.1 Å². The molecule has 0 bridgehead atoms. The number of halogens is 3. The van der Waals surface area contributed by atoms with Crippen molar-refractivity contribution in [2.75, 3.05) is 18.4 Å². The largest absolute Gasteiger partial charge is 0.458 e. The zero-order chi connectivity index (χ0) is 19.6. The Morgan fingerprint density at radius 1 is 1.22 bits per heavy atom. The number of nitrogens with one attached hydrogen (secondary N) is 1. The van der Waals surface area contributed by atoms with Crippen molar-refractivity contribution in [3.8, 4) is 6.01 Å². The fourth-order valence-corrected chi connectivity index (χ4v) is 2.94. The smallest absolute Gasteiger partial charge is 0.418 e. The average Bonchev–Trinajstić information content (AvgIpc) is 3.02. The van der Waals surface area contributed by atoms with E-state index in [1.807, 2.05) is 19.9 Å². The second-order valence-electron chi connectivity index (χ2n) is 6.38. The van der Waals surface area contributed by atoms with Gasteiger partial charge in [0, 0.05) is 24.4 Å². The van der Waals surface area contributed by atoms with Crippen LogP contribution < -0.4 is 10.1 Å². The standard InChI is InChI=1S/C18H19F3N4O2/c1-11-9-12(2)23-16(22-11)27-13-7-8-25(10-13)17(26)24-15-6-4-3-5-14(15)18(19,20)21/h3-6,9,13H,7-8,10H2,1-2H3,(H,24,26). The first-order valence-electron chi connectivity index (χ1n) is 8.43. The van der Waals surface area contributed by atoms with Gasteiger partial charge >= 0.3 is 18.2 Å². The summed E-state index contributed by atoms with van der Waals surface area (Å²) in [7, 11) is 0. The molecule has 27 heavy (non-hydrogen) atoms. The predicted octanol–water partition coefficient (Wildman–Crippen LogP) is 3.80. The van der Waals surface area contributed by atoms with Crippen LogP contribution in [0.2, 0.25) is 0 Å². The molecule has 0 aliphatic carbocycles. The topological polar surface area (TPSA) is 67.3 Å². The predicted molar refractivity (Wildman–Crippen MR) is 92.6 cm³/mol. The molecular formula is C18H19F3N4O2. The van der Waals surface area contributed by atoms with Crippen LogP contribution in [-0.2, 0) is 6.18 Å². The molecule has 0 radical (unpaired) electrons. The number of carbonyl (C=O) groups excluding carboxylic acids is 1. The number of hydrogen-bond donors (Lipinski definition) is 1. The fraction of sp³-hybridized carbons (Fsp3) is 0.389. The Balaban J connectivity index is 1.63. The molecule has 2 amide bonds. The van der Waals surface area contributed by atoms with Gasteiger partial charge in [0.1, 0.15) is 6.10 Å². The monoisotopic (exact) mass is 380 g/mol. The second-order valence-corrected chi connectivity index (χ2v) is 6.38. The van der Waals surface area contributed by atoms with Gasteiger partial charge in [-0.15, -0.1) is 0 Å². The lowest BCUT2D eigenvalue weighted by Gasteiger charge is -2.19. The van der Waals surface area contributed by atoms with Crippen molar-refractivity contribution in [3.63, 3.8) is 0 Å². The summed E-state index contributed by atoms with van der Waals surface area (Å²) in [6.07, 6.45) is -4.30. The SMILES string of the molecule is Cc1cc(C)nc(OC2CCN(C(=O)Nc3ccccc3C(F)(F)F)C2)n1. The molecule has 6 nitrogen and oxygen atoms in total. The molecule has 3 rings (SSSR count). The average molecular weight is 380 g/mol. The first kappa shape index (κ1) is 18.9. The van der Waals surface area contributed by atoms with Gasteiger partial charge in [0.2, 0.25) is 0 Å². The number of amides is 2. The van der Waals surface area contributed by atoms with Crippen molar-refractivity contribution < 1.29 is 22.7 Å². The Morgan fingerprint density at radius 3 is 2.56 bits per heavy atom. The summed E-state index contributed by atoms with van der Waals surface area (Å²) >= 11 is 0. The van der Waals surface area contributed by atoms with E-state index in [-0.39, 0.29) is 24.3 Å². The molecule has 9 heteroatoms. The van der Waals surface area contributed by atoms with Gasteiger partial charge in [-0.3, -0.25) is 0 Å². The third kappa shape index (κ3) is 4.66. The van der Waals surface area contributed by atoms with Crippen LogP contribution >= 0.6 is 0 Å². The van der Waals surface area contributed by atoms with E-state index in [9.17, 15) is 18.0 Å². The second kappa shape index (κ2) is 7.42. The van der Waals surface area contributed by atoms with Crippen molar-refractivity contribution in [1.82, 2.24) is 14.9 Å². The molecule has 1 aliphatic heterocycles. The van der Waals surface area contributed by atoms with Gasteiger partial charge in [-0.25, -0.2) is 14.8 Å². The lowest BCUT2D eigenvalue weighted by molar-refractivity contribution is -0.136. The van der Waals surface area contributed by atoms with Crippen LogP contribution in [0, 0.1) is 13.8 Å². The highest BCUT2D eigenvalue weighted by Crippen LogP contribution is 2.34. The summed E-state index contributed by atoms with van der Waals surface area (Å²) in [4.78, 5) is 22.2. The number of carbonyl (C=O) groups is 1. The first-order valence-corrected chi connectivity index (χ1v) is 8.43. The van der Waals surface area contributed by atoms with Gasteiger partial charge in [-0.1, -0.05) is 12.1 Å². The molecule has 1 atom stereocenters. The molecule has 1 N–H and O–H groups in total. The third-order valence-electron chi connectivity index (χ3n) is 4.14. The maximum absolute atomic E-state index is 13.0. The van der Waals surface area contributed by atoms with E-state index >= 15 is 0 Å². The van der Waals surface area contributed by atoms with E-state index in [0.717, 1.165) is 17.5 Å². The van der Waals surface area contributed by atoms with E-state index in [1.54, 1.807) is 0 Å². The van der Waals surface area contributed by atoms with Crippen LogP contribution in [0.1, 0.15) is 23.4 Å². The molecule has 0 spiro atoms. The third-order valence-corrected chi connectivity index (χ3v) is 4.14. The van der Waals surface area contributed by atoms with Crippen LogP contribution in [0.3, 0.4) is 0 Å². The zero-order valence-electron chi connectivity index (χ0n) is 14.9. The number of aryl methyl sites for hydroxylation is 2. The molecule has 2 aromatic rings. The van der Waals surface area contributed by atoms with Gasteiger partial charge in [-0.05, 0) is 32.0 Å². The summed E-state index contributed by atoms with van der Waals surface area (Å²) < 4.78 is 44.9. The molecule has 1 unspecified atom stereocenters. The van der Waals surface area contributed by atoms with Gasteiger partial charge in [0.15, 0.2) is 0 Å². The van der Waals surface area contributed by atoms with Crippen LogP contribution in [0.5, 0.6) is 6.01 Å². The molecule has 1 saturated heterocycles. The molecule has 0 saturated carbocycles. The van der Waals surface area contributed by atoms with E-state index in [2.05, 4.69) is 15.3 Å². The Morgan fingerprint density at radius 2 is 1.89 bits per heavy atom. The van der Waals surface area contributed by atoms with Crippen LogP contribution in [0.4, 0.5) is 23.7 Å². The Hall–Kier alpha value is -2.84. The van der Waals surface area contributed by atoms with Crippen LogP contribution in [0.15, 0.2) is 30.3 Å². The summed E-state index contributed by atoms with van der Waals surface area (Å²) in [5.41, 5.74) is 0.397. The lowest BCUT2D eigenvalue weighted by atomic mass is 10.1. The van der Waals surface area contributed by atoms with Gasteiger partial charge < -0.3 is 15.0 Å². The summed E-state index contributed by atoms with van der Waals surface area (Å²) in [6.45, 7) is 4.27. The van der Waals surface area contributed by atoms with Crippen LogP contribution in [-0.4, -0.2) is 40.1 Å². The first-order chi connectivity index (χ1) is 12.7. The quantitative estimate of drug-likeness (QED) is 0.880. The van der Waals surface area contributed by atoms with Crippen molar-refractivity contribution in [2.24, 2.45) is 0 Å². The maximum atomic E-state index is 13.0. The van der Waals surface area contributed by atoms with E-state index < -0.39 is 17.8 Å². The number of anilines is 1. The minimum absolute atomic E-state index is 0.238. The van der Waals surface area contributed by atoms with Crippen LogP contribution in [0.25, 0.3) is 0 Å². The van der Waals surface area contributed by atoms with Gasteiger partial charge in [0.05, 0.1) is 17.8 Å². The number of alkyl halides is 3. The van der Waals surface area contributed by atoms with Crippen molar-refractivity contribution >= 4 is 11.7 Å². The van der Waals surface area contributed by atoms with Crippen molar-refractivity contribution in [2.45, 2.75) is 32.5 Å². The number of aromatic nitrogens is 2. The van der Waals surface area contributed by atoms with Gasteiger partial charge in [0.25, 0.3) is 0 Å². The highest BCUT2D eigenvalue weighted by Gasteiger charge is 2.35. The Labute approximate surface area is 154 Å². The Kier molecular flexibility index (Phi) is 5.20. The molecule has 1 aliphatic rings. The van der Waals surface area contributed by atoms with Crippen molar-refractivity contribution in [3.05, 3.63) is 47.3 Å². The maximum Gasteiger partial charge on any atom is 0.418 e. The molecule has 2 heterocycles. The zero-order valence-corrected chi connectivity index (χ0v) is 14.9. The van der Waals surface area contributed by atoms with Crippen molar-refractivity contribution in [1.29, 1.82) is 0 Å². The number of ether oxygens (including phenoxy) is 1. The highest BCUT2D eigenvalue weighted by atomic mass is 19.4. The number of nitrogens with zero attached hydrogens (tertiary/aromatic N) is 3. The summed E-state index contributed by atoms with van der Waals surface area (Å²) in [6, 6.07) is 6.35. The number of para-hydroxylation sites is 1. The minimum atomic E-state index is -4.54. The fourth-order valence-electron chi connectivity index (χ4n) is 2.94. The molecule has 1 aromatic heterocycles. The lowest BCUT2D eigenvalue weighted by Crippen LogP contribution is -2.35. The summed E-state index contributed by atoms with van der Waals surface area (Å²) in [5.74, 6) is 0. The normalized spacial score (nSPS) is 17.1. The number of hydrogen-bond acceptors (Lipinski definition) is 4. The number of benzene rings is 1. The minimum Gasteiger partial charge on any atom is -0.458 e. The molecule has 1 fully saturated rings. The molecule has 1 aromatic carbocycles. The number of rotatable bonds is 3. The Bertz CT molecular complexity index is 821. The highest BCUT2D eigenvalue weighted by molar-refractivity contribution is 5.90.